The molecule has 0 aliphatic heterocycles. The summed E-state index contributed by atoms with van der Waals surface area (Å²) >= 11 is 1.89. The van der Waals surface area contributed by atoms with Crippen LogP contribution in [0, 0.1) is 5.92 Å². The molecule has 2 atom stereocenters. The second-order valence-electron chi connectivity index (χ2n) is 3.85. The van der Waals surface area contributed by atoms with Gasteiger partial charge in [0.15, 0.2) is 0 Å². The molecule has 66 valence electrons. The molecule has 0 unspecified atom stereocenters. The van der Waals surface area contributed by atoms with E-state index in [0.717, 1.165) is 12.5 Å². The summed E-state index contributed by atoms with van der Waals surface area (Å²) in [6.07, 6.45) is 1.36. The Kier molecular flexibility index (Phi) is 1.97. The fourth-order valence-electron chi connectivity index (χ4n) is 1.90. The summed E-state index contributed by atoms with van der Waals surface area (Å²) < 4.78 is 0. The zero-order valence-corrected chi connectivity index (χ0v) is 8.45. The molecule has 0 radical (unpaired) electrons. The third-order valence-corrected chi connectivity index (χ3v) is 4.10. The van der Waals surface area contributed by atoms with Crippen LogP contribution in [0.2, 0.25) is 0 Å². The Labute approximate surface area is 77.8 Å². The maximum Gasteiger partial charge on any atom is 0.0108 e. The Morgan fingerprint density at radius 3 is 3.17 bits per heavy atom. The number of nitrogens with one attached hydrogen (secondary N) is 1. The van der Waals surface area contributed by atoms with Crippen molar-refractivity contribution < 1.29 is 0 Å². The van der Waals surface area contributed by atoms with E-state index in [2.05, 4.69) is 29.8 Å². The molecule has 0 saturated heterocycles. The molecule has 1 aliphatic carbocycles. The lowest BCUT2D eigenvalue weighted by Crippen LogP contribution is -2.14. The maximum atomic E-state index is 3.25. The molecule has 1 aromatic heterocycles. The molecule has 0 spiro atoms. The van der Waals surface area contributed by atoms with Crippen LogP contribution < -0.4 is 5.32 Å². The highest BCUT2D eigenvalue weighted by atomic mass is 32.1. The number of rotatable bonds is 3. The molecular weight excluding hydrogens is 166 g/mol. The van der Waals surface area contributed by atoms with Crippen molar-refractivity contribution in [2.24, 2.45) is 5.92 Å². The first kappa shape index (κ1) is 8.27. The normalized spacial score (nSPS) is 33.7. The van der Waals surface area contributed by atoms with Crippen molar-refractivity contribution in [1.82, 2.24) is 5.32 Å². The fraction of sp³-hybridized carbons (Fsp3) is 0.600. The number of hydrogen-bond acceptors (Lipinski definition) is 2. The first-order valence-corrected chi connectivity index (χ1v) is 5.34. The van der Waals surface area contributed by atoms with Crippen LogP contribution >= 0.6 is 11.3 Å². The van der Waals surface area contributed by atoms with Crippen molar-refractivity contribution in [1.29, 1.82) is 0 Å². The molecule has 0 bridgehead atoms. The minimum absolute atomic E-state index is 0.497. The zero-order chi connectivity index (χ0) is 8.60. The molecule has 0 amide bonds. The van der Waals surface area contributed by atoms with E-state index in [1.54, 1.807) is 4.88 Å². The van der Waals surface area contributed by atoms with Crippen molar-refractivity contribution >= 4 is 11.3 Å². The first-order valence-electron chi connectivity index (χ1n) is 4.46. The second-order valence-corrected chi connectivity index (χ2v) is 4.80. The quantitative estimate of drug-likeness (QED) is 0.754. The van der Waals surface area contributed by atoms with E-state index in [9.17, 15) is 0 Å². The third-order valence-electron chi connectivity index (χ3n) is 2.95. The van der Waals surface area contributed by atoms with Gasteiger partial charge in [0.05, 0.1) is 0 Å². The van der Waals surface area contributed by atoms with E-state index in [0.29, 0.717) is 5.41 Å². The van der Waals surface area contributed by atoms with Crippen LogP contribution in [-0.2, 0) is 5.41 Å². The maximum absolute atomic E-state index is 3.25. The predicted molar refractivity (Wildman–Crippen MR) is 53.7 cm³/mol. The lowest BCUT2D eigenvalue weighted by atomic mass is 10.0. The Hall–Kier alpha value is -0.340. The highest BCUT2D eigenvalue weighted by Gasteiger charge is 2.51. The standard InChI is InChI=1S/C10H15NS/c1-10(6-8(10)7-11-2)9-4-3-5-12-9/h3-5,8,11H,6-7H2,1-2H3/t8-,10+/m1/s1. The van der Waals surface area contributed by atoms with Crippen molar-refractivity contribution in [2.75, 3.05) is 13.6 Å². The molecule has 12 heavy (non-hydrogen) atoms. The topological polar surface area (TPSA) is 12.0 Å². The van der Waals surface area contributed by atoms with Gasteiger partial charge in [-0.15, -0.1) is 11.3 Å². The van der Waals surface area contributed by atoms with Gasteiger partial charge in [0.1, 0.15) is 0 Å². The fourth-order valence-corrected chi connectivity index (χ4v) is 2.88. The molecule has 0 aromatic carbocycles. The van der Waals surface area contributed by atoms with Crippen LogP contribution in [0.5, 0.6) is 0 Å². The SMILES string of the molecule is CNC[C@H]1C[C@]1(C)c1cccs1. The van der Waals surface area contributed by atoms with Gasteiger partial charge in [0.2, 0.25) is 0 Å². The summed E-state index contributed by atoms with van der Waals surface area (Å²) in [5, 5.41) is 5.43. The Balaban J connectivity index is 2.07. The predicted octanol–water partition coefficient (Wildman–Crippen LogP) is 2.25. The third kappa shape index (κ3) is 1.19. The second kappa shape index (κ2) is 2.86. The largest absolute Gasteiger partial charge is 0.319 e. The van der Waals surface area contributed by atoms with Crippen LogP contribution in [0.15, 0.2) is 17.5 Å². The Bertz CT molecular complexity index is 255. The monoisotopic (exact) mass is 181 g/mol. The lowest BCUT2D eigenvalue weighted by molar-refractivity contribution is 0.624. The van der Waals surface area contributed by atoms with Crippen LogP contribution in [0.4, 0.5) is 0 Å². The smallest absolute Gasteiger partial charge is 0.0108 e. The van der Waals surface area contributed by atoms with Gasteiger partial charge in [-0.25, -0.2) is 0 Å². The van der Waals surface area contributed by atoms with Gasteiger partial charge < -0.3 is 5.32 Å². The molecule has 1 heterocycles. The summed E-state index contributed by atoms with van der Waals surface area (Å²) in [6.45, 7) is 3.54. The highest BCUT2D eigenvalue weighted by molar-refractivity contribution is 7.10. The summed E-state index contributed by atoms with van der Waals surface area (Å²) in [5.74, 6) is 0.862. The number of hydrogen-bond donors (Lipinski definition) is 1. The van der Waals surface area contributed by atoms with Crippen LogP contribution in [0.25, 0.3) is 0 Å². The van der Waals surface area contributed by atoms with Crippen molar-refractivity contribution in [2.45, 2.75) is 18.8 Å². The Morgan fingerprint density at radius 1 is 1.75 bits per heavy atom. The van der Waals surface area contributed by atoms with E-state index in [1.165, 1.54) is 6.42 Å². The average Bonchev–Trinajstić information content (AvgIpc) is 2.57. The Morgan fingerprint density at radius 2 is 2.58 bits per heavy atom. The van der Waals surface area contributed by atoms with Gasteiger partial charge in [-0.1, -0.05) is 13.0 Å². The van der Waals surface area contributed by atoms with E-state index < -0.39 is 0 Å². The van der Waals surface area contributed by atoms with Gasteiger partial charge in [-0.05, 0) is 37.4 Å². The summed E-state index contributed by atoms with van der Waals surface area (Å²) in [4.78, 5) is 1.56. The molecule has 1 N–H and O–H groups in total. The van der Waals surface area contributed by atoms with Crippen LogP contribution in [0.3, 0.4) is 0 Å². The highest BCUT2D eigenvalue weighted by Crippen LogP contribution is 2.54. The summed E-state index contributed by atoms with van der Waals surface area (Å²) in [7, 11) is 2.03. The first-order chi connectivity index (χ1) is 5.77. The van der Waals surface area contributed by atoms with Gasteiger partial charge in [0.25, 0.3) is 0 Å². The molecule has 2 rings (SSSR count). The summed E-state index contributed by atoms with van der Waals surface area (Å²) in [6, 6.07) is 4.42. The van der Waals surface area contributed by atoms with Crippen LogP contribution in [0.1, 0.15) is 18.2 Å². The van der Waals surface area contributed by atoms with E-state index in [1.807, 2.05) is 18.4 Å². The van der Waals surface area contributed by atoms with Crippen LogP contribution in [-0.4, -0.2) is 13.6 Å². The number of thiophene rings is 1. The molecule has 1 saturated carbocycles. The van der Waals surface area contributed by atoms with E-state index in [4.69, 9.17) is 0 Å². The van der Waals surface area contributed by atoms with Crippen molar-refractivity contribution in [3.05, 3.63) is 22.4 Å². The lowest BCUT2D eigenvalue weighted by Gasteiger charge is -2.07. The molecule has 1 aliphatic rings. The van der Waals surface area contributed by atoms with Gasteiger partial charge in [-0.2, -0.15) is 0 Å². The molecule has 2 heteroatoms. The molecule has 1 nitrogen and oxygen atoms in total. The molecular formula is C10H15NS. The summed E-state index contributed by atoms with van der Waals surface area (Å²) in [5.41, 5.74) is 0.497. The van der Waals surface area contributed by atoms with E-state index >= 15 is 0 Å². The van der Waals surface area contributed by atoms with E-state index in [-0.39, 0.29) is 0 Å². The minimum Gasteiger partial charge on any atom is -0.319 e. The van der Waals surface area contributed by atoms with Gasteiger partial charge in [-0.3, -0.25) is 0 Å². The van der Waals surface area contributed by atoms with Crippen molar-refractivity contribution in [3.8, 4) is 0 Å². The molecule has 1 fully saturated rings. The van der Waals surface area contributed by atoms with Gasteiger partial charge >= 0.3 is 0 Å². The average molecular weight is 181 g/mol. The molecule has 1 aromatic rings. The van der Waals surface area contributed by atoms with Gasteiger partial charge in [0, 0.05) is 10.3 Å². The minimum atomic E-state index is 0.497. The zero-order valence-electron chi connectivity index (χ0n) is 7.63. The van der Waals surface area contributed by atoms with Crippen molar-refractivity contribution in [3.63, 3.8) is 0 Å².